The molecule has 0 bridgehead atoms. The second-order valence-electron chi connectivity index (χ2n) is 5.73. The number of aliphatic imine (C=N–C) groups is 1. The van der Waals surface area contributed by atoms with Crippen molar-refractivity contribution in [2.45, 2.75) is 25.9 Å². The molecule has 1 aliphatic heterocycles. The molecule has 1 heterocycles. The number of nitrogens with one attached hydrogen (secondary N) is 2. The van der Waals surface area contributed by atoms with Crippen LogP contribution in [0.1, 0.15) is 30.1 Å². The van der Waals surface area contributed by atoms with Crippen LogP contribution in [-0.2, 0) is 4.74 Å². The predicted octanol–water partition coefficient (Wildman–Crippen LogP) is 2.81. The number of hydrogen-bond donors (Lipinski definition) is 2. The Balaban J connectivity index is 1.97. The third kappa shape index (κ3) is 4.60. The summed E-state index contributed by atoms with van der Waals surface area (Å²) >= 11 is 0. The number of hydrogen-bond acceptors (Lipinski definition) is 2. The van der Waals surface area contributed by atoms with Crippen LogP contribution in [0, 0.1) is 12.8 Å². The van der Waals surface area contributed by atoms with Crippen molar-refractivity contribution in [1.82, 2.24) is 10.6 Å². The number of benzene rings is 1. The molecule has 4 nitrogen and oxygen atoms in total. The maximum atomic E-state index is 6.05. The van der Waals surface area contributed by atoms with Gasteiger partial charge in [0.1, 0.15) is 0 Å². The monoisotopic (exact) mass is 301 g/mol. The largest absolute Gasteiger partial charge is 0.373 e. The average Bonchev–Trinajstić information content (AvgIpc) is 2.56. The molecule has 0 saturated carbocycles. The quantitative estimate of drug-likeness (QED) is 0.499. The first-order valence-electron chi connectivity index (χ1n) is 7.98. The third-order valence-corrected chi connectivity index (χ3v) is 4.02. The fourth-order valence-corrected chi connectivity index (χ4v) is 2.79. The molecule has 120 valence electrons. The van der Waals surface area contributed by atoms with Crippen LogP contribution >= 0.6 is 0 Å². The van der Waals surface area contributed by atoms with E-state index >= 15 is 0 Å². The highest BCUT2D eigenvalue weighted by molar-refractivity contribution is 5.79. The Labute approximate surface area is 133 Å². The number of guanidine groups is 1. The van der Waals surface area contributed by atoms with Gasteiger partial charge in [-0.1, -0.05) is 35.9 Å². The molecule has 2 unspecified atom stereocenters. The van der Waals surface area contributed by atoms with Gasteiger partial charge in [-0.3, -0.25) is 4.99 Å². The molecular weight excluding hydrogens is 274 g/mol. The Kier molecular flexibility index (Phi) is 6.46. The smallest absolute Gasteiger partial charge is 0.191 e. The molecule has 1 fully saturated rings. The minimum absolute atomic E-state index is 0.166. The van der Waals surface area contributed by atoms with Crippen LogP contribution in [0.15, 0.2) is 41.9 Å². The van der Waals surface area contributed by atoms with Gasteiger partial charge < -0.3 is 15.4 Å². The van der Waals surface area contributed by atoms with Crippen LogP contribution in [0.3, 0.4) is 0 Å². The summed E-state index contributed by atoms with van der Waals surface area (Å²) in [4.78, 5) is 4.23. The number of aryl methyl sites for hydroxylation is 1. The Hall–Kier alpha value is -1.81. The molecule has 0 aromatic heterocycles. The van der Waals surface area contributed by atoms with Gasteiger partial charge in [-0.25, -0.2) is 0 Å². The highest BCUT2D eigenvalue weighted by atomic mass is 16.5. The molecular formula is C18H27N3O. The standard InChI is InChI=1S/C18H27N3O/c1-4-11-20-18(19-3)21-13-16-6-5-12-22-17(16)15-9-7-14(2)8-10-15/h4,7-10,16-17H,1,5-6,11-13H2,2-3H3,(H2,19,20,21). The van der Waals surface area contributed by atoms with Crippen molar-refractivity contribution in [2.24, 2.45) is 10.9 Å². The van der Waals surface area contributed by atoms with Crippen molar-refractivity contribution in [3.05, 3.63) is 48.0 Å². The Morgan fingerprint density at radius 3 is 2.82 bits per heavy atom. The van der Waals surface area contributed by atoms with Crippen molar-refractivity contribution in [2.75, 3.05) is 26.7 Å². The van der Waals surface area contributed by atoms with E-state index in [-0.39, 0.29) is 6.10 Å². The Bertz CT molecular complexity index is 496. The van der Waals surface area contributed by atoms with Crippen LogP contribution in [-0.4, -0.2) is 32.7 Å². The third-order valence-electron chi connectivity index (χ3n) is 4.02. The van der Waals surface area contributed by atoms with Gasteiger partial charge in [0, 0.05) is 32.7 Å². The lowest BCUT2D eigenvalue weighted by atomic mass is 9.89. The Morgan fingerprint density at radius 1 is 1.36 bits per heavy atom. The highest BCUT2D eigenvalue weighted by Crippen LogP contribution is 2.33. The van der Waals surface area contributed by atoms with Gasteiger partial charge in [0.25, 0.3) is 0 Å². The maximum Gasteiger partial charge on any atom is 0.191 e. The lowest BCUT2D eigenvalue weighted by Crippen LogP contribution is -2.41. The van der Waals surface area contributed by atoms with E-state index in [1.54, 1.807) is 7.05 Å². The summed E-state index contributed by atoms with van der Waals surface area (Å²) in [5, 5.41) is 6.60. The van der Waals surface area contributed by atoms with E-state index in [1.807, 2.05) is 6.08 Å². The summed E-state index contributed by atoms with van der Waals surface area (Å²) in [6.07, 6.45) is 4.28. The first-order valence-corrected chi connectivity index (χ1v) is 7.98. The Morgan fingerprint density at radius 2 is 2.14 bits per heavy atom. The number of rotatable bonds is 5. The van der Waals surface area contributed by atoms with Crippen molar-refractivity contribution in [3.8, 4) is 0 Å². The first-order chi connectivity index (χ1) is 10.7. The molecule has 0 aliphatic carbocycles. The van der Waals surface area contributed by atoms with Crippen LogP contribution in [0.2, 0.25) is 0 Å². The molecule has 2 N–H and O–H groups in total. The van der Waals surface area contributed by atoms with Gasteiger partial charge >= 0.3 is 0 Å². The molecule has 22 heavy (non-hydrogen) atoms. The predicted molar refractivity (Wildman–Crippen MR) is 92.2 cm³/mol. The summed E-state index contributed by atoms with van der Waals surface area (Å²) in [5.41, 5.74) is 2.55. The van der Waals surface area contributed by atoms with Crippen LogP contribution in [0.5, 0.6) is 0 Å². The normalized spacial score (nSPS) is 22.2. The molecule has 0 spiro atoms. The topological polar surface area (TPSA) is 45.7 Å². The lowest BCUT2D eigenvalue weighted by Gasteiger charge is -2.32. The minimum Gasteiger partial charge on any atom is -0.373 e. The van der Waals surface area contributed by atoms with Gasteiger partial charge in [-0.2, -0.15) is 0 Å². The van der Waals surface area contributed by atoms with Crippen molar-refractivity contribution in [1.29, 1.82) is 0 Å². The molecule has 4 heteroatoms. The average molecular weight is 301 g/mol. The second kappa shape index (κ2) is 8.59. The SMILES string of the molecule is C=CCNC(=NC)NCC1CCCOC1c1ccc(C)cc1. The van der Waals surface area contributed by atoms with Crippen molar-refractivity contribution in [3.63, 3.8) is 0 Å². The summed E-state index contributed by atoms with van der Waals surface area (Å²) in [5.74, 6) is 1.27. The summed E-state index contributed by atoms with van der Waals surface area (Å²) < 4.78 is 6.05. The zero-order valence-electron chi connectivity index (χ0n) is 13.6. The van der Waals surface area contributed by atoms with E-state index in [0.717, 1.165) is 25.5 Å². The van der Waals surface area contributed by atoms with E-state index in [1.165, 1.54) is 17.5 Å². The molecule has 1 aliphatic rings. The minimum atomic E-state index is 0.166. The fourth-order valence-electron chi connectivity index (χ4n) is 2.79. The second-order valence-corrected chi connectivity index (χ2v) is 5.73. The van der Waals surface area contributed by atoms with Crippen molar-refractivity contribution < 1.29 is 4.74 Å². The van der Waals surface area contributed by atoms with E-state index in [4.69, 9.17) is 4.74 Å². The van der Waals surface area contributed by atoms with E-state index in [2.05, 4.69) is 53.4 Å². The van der Waals surface area contributed by atoms with E-state index in [9.17, 15) is 0 Å². The lowest BCUT2D eigenvalue weighted by molar-refractivity contribution is -0.0265. The molecule has 0 radical (unpaired) electrons. The summed E-state index contributed by atoms with van der Waals surface area (Å²) in [6, 6.07) is 8.68. The summed E-state index contributed by atoms with van der Waals surface area (Å²) in [6.45, 7) is 8.23. The number of ether oxygens (including phenoxy) is 1. The van der Waals surface area contributed by atoms with E-state index < -0.39 is 0 Å². The van der Waals surface area contributed by atoms with Gasteiger partial charge in [0.2, 0.25) is 0 Å². The molecule has 1 aromatic rings. The highest BCUT2D eigenvalue weighted by Gasteiger charge is 2.27. The van der Waals surface area contributed by atoms with Gasteiger partial charge in [-0.15, -0.1) is 6.58 Å². The molecule has 2 atom stereocenters. The molecule has 1 aromatic carbocycles. The zero-order chi connectivity index (χ0) is 15.8. The van der Waals surface area contributed by atoms with Crippen LogP contribution < -0.4 is 10.6 Å². The van der Waals surface area contributed by atoms with E-state index in [0.29, 0.717) is 12.5 Å². The molecule has 0 amide bonds. The van der Waals surface area contributed by atoms with Gasteiger partial charge in [-0.05, 0) is 25.3 Å². The van der Waals surface area contributed by atoms with Gasteiger partial charge in [0.05, 0.1) is 6.10 Å². The van der Waals surface area contributed by atoms with Crippen LogP contribution in [0.4, 0.5) is 0 Å². The molecule has 2 rings (SSSR count). The maximum absolute atomic E-state index is 6.05. The molecule has 1 saturated heterocycles. The first kappa shape index (κ1) is 16.6. The van der Waals surface area contributed by atoms with Crippen molar-refractivity contribution >= 4 is 5.96 Å². The zero-order valence-corrected chi connectivity index (χ0v) is 13.6. The summed E-state index contributed by atoms with van der Waals surface area (Å²) in [7, 11) is 1.78. The fraction of sp³-hybridized carbons (Fsp3) is 0.500. The number of nitrogens with zero attached hydrogens (tertiary/aromatic N) is 1. The van der Waals surface area contributed by atoms with Gasteiger partial charge in [0.15, 0.2) is 5.96 Å². The van der Waals surface area contributed by atoms with Crippen LogP contribution in [0.25, 0.3) is 0 Å².